The van der Waals surface area contributed by atoms with Crippen LogP contribution in [0.25, 0.3) is 0 Å². The Hall–Kier alpha value is -1.00. The number of hydrogen-bond acceptors (Lipinski definition) is 3. The molecule has 0 saturated heterocycles. The lowest BCUT2D eigenvalue weighted by Crippen LogP contribution is -2.24. The number of nitrogens with two attached hydrogens (primary N) is 1. The number of nitrogens with one attached hydrogen (secondary N) is 1. The molecule has 1 heterocycles. The molecule has 1 aliphatic rings. The molecule has 1 aromatic heterocycles. The molecule has 0 atom stereocenters. The molecule has 0 spiro atoms. The molecule has 90 valence electrons. The highest BCUT2D eigenvalue weighted by Gasteiger charge is 2.20. The molecule has 0 unspecified atom stereocenters. The Morgan fingerprint density at radius 3 is 2.88 bits per heavy atom. The zero-order valence-electron chi connectivity index (χ0n) is 9.07. The van der Waals surface area contributed by atoms with Crippen molar-refractivity contribution in [1.29, 1.82) is 0 Å². The summed E-state index contributed by atoms with van der Waals surface area (Å²) in [5.41, 5.74) is 5.95. The second-order valence-electron chi connectivity index (χ2n) is 3.99. The minimum atomic E-state index is -0.0703. The van der Waals surface area contributed by atoms with Crippen LogP contribution in [0.15, 0.2) is 16.7 Å². The minimum absolute atomic E-state index is 0. The maximum absolute atomic E-state index is 11.6. The maximum Gasteiger partial charge on any atom is 0.254 e. The zero-order valence-corrected chi connectivity index (χ0v) is 9.89. The van der Waals surface area contributed by atoms with E-state index >= 15 is 0 Å². The highest BCUT2D eigenvalue weighted by Crippen LogP contribution is 2.31. The van der Waals surface area contributed by atoms with Crippen LogP contribution in [0.5, 0.6) is 0 Å². The lowest BCUT2D eigenvalue weighted by atomic mass is 10.2. The van der Waals surface area contributed by atoms with Crippen LogP contribution < -0.4 is 11.1 Å². The molecular formula is C11H17ClN2O2. The van der Waals surface area contributed by atoms with E-state index in [-0.39, 0.29) is 18.3 Å². The number of amides is 1. The van der Waals surface area contributed by atoms with E-state index in [2.05, 4.69) is 5.32 Å². The highest BCUT2D eigenvalue weighted by atomic mass is 35.5. The number of carbonyl (C=O) groups excluding carboxylic acids is 1. The van der Waals surface area contributed by atoms with E-state index in [9.17, 15) is 4.79 Å². The molecule has 3 N–H and O–H groups in total. The number of carbonyl (C=O) groups is 1. The van der Waals surface area contributed by atoms with Gasteiger partial charge in [-0.3, -0.25) is 4.79 Å². The third kappa shape index (κ3) is 3.54. The smallest absolute Gasteiger partial charge is 0.254 e. The van der Waals surface area contributed by atoms with Crippen molar-refractivity contribution in [3.8, 4) is 0 Å². The van der Waals surface area contributed by atoms with Crippen LogP contribution in [-0.2, 0) is 6.54 Å². The van der Waals surface area contributed by atoms with Gasteiger partial charge in [-0.25, -0.2) is 0 Å². The minimum Gasteiger partial charge on any atom is -0.467 e. The molecule has 1 fully saturated rings. The highest BCUT2D eigenvalue weighted by molar-refractivity contribution is 5.93. The SMILES string of the molecule is Cl.NCc1cc(C(=O)NCCC2CC2)co1. The predicted molar refractivity (Wildman–Crippen MR) is 63.5 cm³/mol. The van der Waals surface area contributed by atoms with Crippen molar-refractivity contribution in [2.45, 2.75) is 25.8 Å². The Morgan fingerprint density at radius 2 is 2.31 bits per heavy atom. The summed E-state index contributed by atoms with van der Waals surface area (Å²) >= 11 is 0. The van der Waals surface area contributed by atoms with E-state index < -0.39 is 0 Å². The first-order chi connectivity index (χ1) is 7.29. The summed E-state index contributed by atoms with van der Waals surface area (Å²) in [6, 6.07) is 1.69. The summed E-state index contributed by atoms with van der Waals surface area (Å²) in [6.07, 6.45) is 5.18. The zero-order chi connectivity index (χ0) is 10.7. The number of halogens is 1. The molecule has 0 bridgehead atoms. The predicted octanol–water partition coefficient (Wildman–Crippen LogP) is 1.69. The standard InChI is InChI=1S/C11H16N2O2.ClH/c12-6-10-5-9(7-15-10)11(14)13-4-3-8-1-2-8;/h5,7-8H,1-4,6,12H2,(H,13,14);1H. The summed E-state index contributed by atoms with van der Waals surface area (Å²) in [4.78, 5) is 11.6. The molecule has 0 radical (unpaired) electrons. The summed E-state index contributed by atoms with van der Waals surface area (Å²) < 4.78 is 5.09. The molecule has 16 heavy (non-hydrogen) atoms. The quantitative estimate of drug-likeness (QED) is 0.828. The molecule has 1 aliphatic carbocycles. The van der Waals surface area contributed by atoms with Crippen LogP contribution in [0.1, 0.15) is 35.4 Å². The van der Waals surface area contributed by atoms with E-state index in [0.717, 1.165) is 18.9 Å². The molecule has 2 rings (SSSR count). The molecule has 0 aromatic carbocycles. The monoisotopic (exact) mass is 244 g/mol. The molecule has 1 aromatic rings. The normalized spacial score (nSPS) is 14.3. The van der Waals surface area contributed by atoms with Gasteiger partial charge in [0, 0.05) is 6.54 Å². The van der Waals surface area contributed by atoms with Gasteiger partial charge in [0.1, 0.15) is 12.0 Å². The third-order valence-corrected chi connectivity index (χ3v) is 2.65. The van der Waals surface area contributed by atoms with Gasteiger partial charge in [0.05, 0.1) is 12.1 Å². The average molecular weight is 245 g/mol. The van der Waals surface area contributed by atoms with Gasteiger partial charge in [-0.05, 0) is 18.4 Å². The largest absolute Gasteiger partial charge is 0.467 e. The van der Waals surface area contributed by atoms with Gasteiger partial charge in [0.25, 0.3) is 5.91 Å². The average Bonchev–Trinajstić information content (AvgIpc) is 2.94. The second kappa shape index (κ2) is 5.92. The fraction of sp³-hybridized carbons (Fsp3) is 0.545. The fourth-order valence-electron chi connectivity index (χ4n) is 1.51. The van der Waals surface area contributed by atoms with Gasteiger partial charge >= 0.3 is 0 Å². The summed E-state index contributed by atoms with van der Waals surface area (Å²) in [5, 5.41) is 2.87. The lowest BCUT2D eigenvalue weighted by Gasteiger charge is -2.01. The van der Waals surface area contributed by atoms with Gasteiger partial charge in [-0.2, -0.15) is 0 Å². The van der Waals surface area contributed by atoms with Crippen molar-refractivity contribution in [2.75, 3.05) is 6.54 Å². The Bertz CT molecular complexity index is 348. The molecule has 1 saturated carbocycles. The van der Waals surface area contributed by atoms with Gasteiger partial charge in [0.15, 0.2) is 0 Å². The first-order valence-electron chi connectivity index (χ1n) is 5.35. The number of furan rings is 1. The van der Waals surface area contributed by atoms with Crippen LogP contribution in [-0.4, -0.2) is 12.5 Å². The van der Waals surface area contributed by atoms with Crippen molar-refractivity contribution in [2.24, 2.45) is 11.7 Å². The summed E-state index contributed by atoms with van der Waals surface area (Å²) in [7, 11) is 0. The van der Waals surface area contributed by atoms with Crippen molar-refractivity contribution in [1.82, 2.24) is 5.32 Å². The Balaban J connectivity index is 0.00000128. The number of rotatable bonds is 5. The van der Waals surface area contributed by atoms with Crippen LogP contribution >= 0.6 is 12.4 Å². The van der Waals surface area contributed by atoms with Gasteiger partial charge < -0.3 is 15.5 Å². The maximum atomic E-state index is 11.6. The molecular weight excluding hydrogens is 228 g/mol. The first-order valence-corrected chi connectivity index (χ1v) is 5.35. The van der Waals surface area contributed by atoms with Crippen LogP contribution in [0.2, 0.25) is 0 Å². The van der Waals surface area contributed by atoms with Gasteiger partial charge in [-0.15, -0.1) is 12.4 Å². The van der Waals surface area contributed by atoms with Crippen molar-refractivity contribution in [3.63, 3.8) is 0 Å². The first kappa shape index (κ1) is 13.1. The van der Waals surface area contributed by atoms with Crippen LogP contribution in [0.3, 0.4) is 0 Å². The van der Waals surface area contributed by atoms with Crippen LogP contribution in [0, 0.1) is 5.92 Å². The molecule has 4 nitrogen and oxygen atoms in total. The Labute approximate surface area is 101 Å². The lowest BCUT2D eigenvalue weighted by molar-refractivity contribution is 0.0952. The van der Waals surface area contributed by atoms with Crippen molar-refractivity contribution in [3.05, 3.63) is 23.7 Å². The van der Waals surface area contributed by atoms with E-state index in [1.54, 1.807) is 6.07 Å². The van der Waals surface area contributed by atoms with Gasteiger partial charge in [0.2, 0.25) is 0 Å². The Kier molecular flexibility index (Phi) is 4.83. The third-order valence-electron chi connectivity index (χ3n) is 2.65. The van der Waals surface area contributed by atoms with E-state index in [0.29, 0.717) is 17.9 Å². The molecule has 1 amide bonds. The summed E-state index contributed by atoms with van der Waals surface area (Å²) in [6.45, 7) is 1.09. The van der Waals surface area contributed by atoms with E-state index in [1.165, 1.54) is 19.1 Å². The second-order valence-corrected chi connectivity index (χ2v) is 3.99. The van der Waals surface area contributed by atoms with E-state index in [4.69, 9.17) is 10.2 Å². The molecule has 5 heteroatoms. The fourth-order valence-corrected chi connectivity index (χ4v) is 1.51. The summed E-state index contributed by atoms with van der Waals surface area (Å²) in [5.74, 6) is 1.41. The Morgan fingerprint density at radius 1 is 1.56 bits per heavy atom. The van der Waals surface area contributed by atoms with Crippen molar-refractivity contribution < 1.29 is 9.21 Å². The topological polar surface area (TPSA) is 68.3 Å². The van der Waals surface area contributed by atoms with E-state index in [1.807, 2.05) is 0 Å². The number of hydrogen-bond donors (Lipinski definition) is 2. The van der Waals surface area contributed by atoms with Gasteiger partial charge in [-0.1, -0.05) is 12.8 Å². The molecule has 0 aliphatic heterocycles. The van der Waals surface area contributed by atoms with Crippen molar-refractivity contribution >= 4 is 18.3 Å². The van der Waals surface area contributed by atoms with Crippen LogP contribution in [0.4, 0.5) is 0 Å².